The van der Waals surface area contributed by atoms with Crippen molar-refractivity contribution >= 4 is 11.5 Å². The molecule has 0 aliphatic carbocycles. The lowest BCUT2D eigenvalue weighted by Gasteiger charge is -2.18. The van der Waals surface area contributed by atoms with E-state index in [1.807, 2.05) is 60.7 Å². The molecule has 0 aromatic heterocycles. The van der Waals surface area contributed by atoms with Gasteiger partial charge in [-0.3, -0.25) is 4.79 Å². The number of nitrogens with two attached hydrogens (primary N) is 1. The maximum Gasteiger partial charge on any atom is 0.573 e. The Balaban J connectivity index is 1.92. The van der Waals surface area contributed by atoms with Crippen molar-refractivity contribution in [3.63, 3.8) is 0 Å². The van der Waals surface area contributed by atoms with E-state index in [0.717, 1.165) is 23.3 Å². The second-order valence-corrected chi connectivity index (χ2v) is 6.30. The molecule has 0 aliphatic heterocycles. The normalized spacial score (nSPS) is 11.4. The summed E-state index contributed by atoms with van der Waals surface area (Å²) in [6.45, 7) is 0. The van der Waals surface area contributed by atoms with Crippen LogP contribution < -0.4 is 10.5 Å². The van der Waals surface area contributed by atoms with Gasteiger partial charge in [-0.2, -0.15) is 0 Å². The first-order chi connectivity index (χ1) is 13.3. The number of hydrogen-bond acceptors (Lipinski definition) is 3. The van der Waals surface area contributed by atoms with E-state index in [0.29, 0.717) is 0 Å². The Kier molecular flexibility index (Phi) is 5.68. The van der Waals surface area contributed by atoms with Crippen molar-refractivity contribution in [1.29, 1.82) is 0 Å². The van der Waals surface area contributed by atoms with Crippen LogP contribution in [0.1, 0.15) is 33.8 Å². The molecule has 28 heavy (non-hydrogen) atoms. The number of carbonyl (C=O) groups is 1. The van der Waals surface area contributed by atoms with E-state index in [-0.39, 0.29) is 29.4 Å². The summed E-state index contributed by atoms with van der Waals surface area (Å²) in [7, 11) is 0. The number of nitrogen functional groups attached to an aromatic ring is 1. The third kappa shape index (κ3) is 4.91. The van der Waals surface area contributed by atoms with Crippen LogP contribution in [0.2, 0.25) is 0 Å². The molecular weight excluding hydrogens is 367 g/mol. The first-order valence-electron chi connectivity index (χ1n) is 8.62. The van der Waals surface area contributed by atoms with Gasteiger partial charge < -0.3 is 10.5 Å². The van der Waals surface area contributed by atoms with Gasteiger partial charge in [-0.1, -0.05) is 60.7 Å². The van der Waals surface area contributed by atoms with E-state index in [2.05, 4.69) is 4.74 Å². The molecule has 3 nitrogen and oxygen atoms in total. The fraction of sp³-hybridized carbons (Fsp3) is 0.136. The van der Waals surface area contributed by atoms with Crippen LogP contribution in [0.4, 0.5) is 18.9 Å². The minimum absolute atomic E-state index is 0.0126. The van der Waals surface area contributed by atoms with Gasteiger partial charge in [0.25, 0.3) is 0 Å². The topological polar surface area (TPSA) is 52.3 Å². The van der Waals surface area contributed by atoms with Gasteiger partial charge in [-0.15, -0.1) is 13.2 Å². The third-order valence-corrected chi connectivity index (χ3v) is 4.35. The average molecular weight is 385 g/mol. The number of benzene rings is 3. The lowest BCUT2D eigenvalue weighted by atomic mass is 9.85. The molecule has 3 aromatic rings. The van der Waals surface area contributed by atoms with Crippen LogP contribution >= 0.6 is 0 Å². The number of alkyl halides is 3. The number of ether oxygens (including phenoxy) is 1. The van der Waals surface area contributed by atoms with Gasteiger partial charge in [0.2, 0.25) is 0 Å². The number of hydrogen-bond donors (Lipinski definition) is 1. The minimum Gasteiger partial charge on any atom is -0.406 e. The molecule has 0 spiro atoms. The summed E-state index contributed by atoms with van der Waals surface area (Å²) in [4.78, 5) is 12.9. The van der Waals surface area contributed by atoms with Crippen molar-refractivity contribution in [1.82, 2.24) is 0 Å². The summed E-state index contributed by atoms with van der Waals surface area (Å²) in [6, 6.07) is 22.3. The molecule has 0 unspecified atom stereocenters. The van der Waals surface area contributed by atoms with Crippen molar-refractivity contribution in [3.05, 3.63) is 95.6 Å². The van der Waals surface area contributed by atoms with Crippen LogP contribution in [0.25, 0.3) is 0 Å². The van der Waals surface area contributed by atoms with Gasteiger partial charge in [-0.25, -0.2) is 0 Å². The summed E-state index contributed by atoms with van der Waals surface area (Å²) in [5.74, 6) is -1.08. The largest absolute Gasteiger partial charge is 0.573 e. The molecule has 144 valence electrons. The molecular formula is C22H18F3NO2. The zero-order valence-corrected chi connectivity index (χ0v) is 14.8. The SMILES string of the molecule is Nc1ccc(OC(F)(F)F)cc1C(=O)CC(c1ccccc1)c1ccccc1. The molecule has 0 amide bonds. The van der Waals surface area contributed by atoms with Crippen molar-refractivity contribution < 1.29 is 22.7 Å². The van der Waals surface area contributed by atoms with E-state index in [1.54, 1.807) is 0 Å². The maximum atomic E-state index is 12.9. The number of ketones is 1. The van der Waals surface area contributed by atoms with Crippen LogP contribution in [0, 0.1) is 0 Å². The number of carbonyl (C=O) groups excluding carboxylic acids is 1. The highest BCUT2D eigenvalue weighted by atomic mass is 19.4. The summed E-state index contributed by atoms with van der Waals surface area (Å²) in [5.41, 5.74) is 7.84. The molecule has 2 N–H and O–H groups in total. The molecule has 6 heteroatoms. The molecule has 0 radical (unpaired) electrons. The van der Waals surface area contributed by atoms with Crippen molar-refractivity contribution in [2.24, 2.45) is 0 Å². The zero-order valence-electron chi connectivity index (χ0n) is 14.8. The highest BCUT2D eigenvalue weighted by molar-refractivity contribution is 6.01. The van der Waals surface area contributed by atoms with Crippen LogP contribution in [-0.4, -0.2) is 12.1 Å². The molecule has 3 rings (SSSR count). The van der Waals surface area contributed by atoms with Crippen LogP contribution in [0.15, 0.2) is 78.9 Å². The maximum absolute atomic E-state index is 12.9. The highest BCUT2D eigenvalue weighted by Gasteiger charge is 2.31. The predicted octanol–water partition coefficient (Wildman–Crippen LogP) is 5.57. The van der Waals surface area contributed by atoms with Crippen LogP contribution in [-0.2, 0) is 0 Å². The van der Waals surface area contributed by atoms with E-state index >= 15 is 0 Å². The number of Topliss-reactive ketones (excluding diaryl/α,β-unsaturated/α-hetero) is 1. The quantitative estimate of drug-likeness (QED) is 0.446. The van der Waals surface area contributed by atoms with Gasteiger partial charge in [0.1, 0.15) is 5.75 Å². The Hall–Kier alpha value is -3.28. The Morgan fingerprint density at radius 3 is 1.93 bits per heavy atom. The van der Waals surface area contributed by atoms with E-state index in [1.165, 1.54) is 6.07 Å². The Morgan fingerprint density at radius 1 is 0.893 bits per heavy atom. The Labute approximate surface area is 160 Å². The first kappa shape index (κ1) is 19.5. The second kappa shape index (κ2) is 8.17. The molecule has 0 saturated carbocycles. The predicted molar refractivity (Wildman–Crippen MR) is 101 cm³/mol. The number of anilines is 1. The Bertz CT molecular complexity index is 902. The molecule has 0 saturated heterocycles. The molecule has 0 bridgehead atoms. The van der Waals surface area contributed by atoms with Crippen molar-refractivity contribution in [3.8, 4) is 5.75 Å². The number of rotatable bonds is 6. The highest BCUT2D eigenvalue weighted by Crippen LogP contribution is 2.32. The van der Waals surface area contributed by atoms with Gasteiger partial charge in [0.15, 0.2) is 5.78 Å². The fourth-order valence-electron chi connectivity index (χ4n) is 3.07. The summed E-state index contributed by atoms with van der Waals surface area (Å²) < 4.78 is 41.4. The summed E-state index contributed by atoms with van der Waals surface area (Å²) in [6.07, 6.45) is -4.78. The standard InChI is InChI=1S/C22H18F3NO2/c23-22(24,25)28-17-11-12-20(26)19(13-17)21(27)14-18(15-7-3-1-4-8-15)16-9-5-2-6-10-16/h1-13,18H,14,26H2. The van der Waals surface area contributed by atoms with E-state index < -0.39 is 12.1 Å². The number of halogens is 3. The van der Waals surface area contributed by atoms with Crippen molar-refractivity contribution in [2.75, 3.05) is 5.73 Å². The molecule has 3 aromatic carbocycles. The lowest BCUT2D eigenvalue weighted by molar-refractivity contribution is -0.274. The van der Waals surface area contributed by atoms with Gasteiger partial charge >= 0.3 is 6.36 Å². The van der Waals surface area contributed by atoms with Gasteiger partial charge in [0, 0.05) is 23.6 Å². The van der Waals surface area contributed by atoms with E-state index in [4.69, 9.17) is 5.73 Å². The van der Waals surface area contributed by atoms with E-state index in [9.17, 15) is 18.0 Å². The first-order valence-corrected chi connectivity index (χ1v) is 8.62. The van der Waals surface area contributed by atoms with Crippen LogP contribution in [0.3, 0.4) is 0 Å². The average Bonchev–Trinajstić information content (AvgIpc) is 2.67. The zero-order chi connectivity index (χ0) is 20.1. The third-order valence-electron chi connectivity index (χ3n) is 4.35. The second-order valence-electron chi connectivity index (χ2n) is 6.30. The molecule has 0 heterocycles. The molecule has 0 aliphatic rings. The fourth-order valence-corrected chi connectivity index (χ4v) is 3.07. The lowest BCUT2D eigenvalue weighted by Crippen LogP contribution is -2.18. The minimum atomic E-state index is -4.84. The summed E-state index contributed by atoms with van der Waals surface area (Å²) >= 11 is 0. The monoisotopic (exact) mass is 385 g/mol. The van der Waals surface area contributed by atoms with Gasteiger partial charge in [0.05, 0.1) is 0 Å². The van der Waals surface area contributed by atoms with Gasteiger partial charge in [-0.05, 0) is 29.3 Å². The Morgan fingerprint density at radius 2 is 1.43 bits per heavy atom. The van der Waals surface area contributed by atoms with Crippen molar-refractivity contribution in [2.45, 2.75) is 18.7 Å². The summed E-state index contributed by atoms with van der Waals surface area (Å²) in [5, 5.41) is 0. The molecule has 0 fully saturated rings. The van der Waals surface area contributed by atoms with Crippen LogP contribution in [0.5, 0.6) is 5.75 Å². The smallest absolute Gasteiger partial charge is 0.406 e. The molecule has 0 atom stereocenters.